The minimum Gasteiger partial charge on any atom is -0.395 e. The van der Waals surface area contributed by atoms with Gasteiger partial charge in [0, 0.05) is 0 Å². The van der Waals surface area contributed by atoms with Gasteiger partial charge in [0.1, 0.15) is 5.03 Å². The first-order chi connectivity index (χ1) is 6.75. The molecule has 2 rings (SSSR count). The van der Waals surface area contributed by atoms with Crippen LogP contribution in [0.2, 0.25) is 5.28 Å². The SMILES string of the molecule is Nc1cnc(Cl)nc1Sc1cccs1. The maximum Gasteiger partial charge on any atom is 0.223 e. The standard InChI is InChI=1S/C8H6ClN3S2/c9-8-11-4-5(10)7(12-8)14-6-2-1-3-13-6/h1-4H,10H2. The molecule has 0 amide bonds. The van der Waals surface area contributed by atoms with Crippen LogP contribution < -0.4 is 5.73 Å². The first-order valence-corrected chi connectivity index (χ1v) is 5.82. The Hall–Kier alpha value is -0.780. The van der Waals surface area contributed by atoms with Crippen molar-refractivity contribution in [3.63, 3.8) is 0 Å². The van der Waals surface area contributed by atoms with Gasteiger partial charge >= 0.3 is 0 Å². The number of rotatable bonds is 2. The lowest BCUT2D eigenvalue weighted by molar-refractivity contribution is 1.06. The summed E-state index contributed by atoms with van der Waals surface area (Å²) in [7, 11) is 0. The number of thiophene rings is 1. The average molecular weight is 244 g/mol. The summed E-state index contributed by atoms with van der Waals surface area (Å²) in [5.41, 5.74) is 6.26. The van der Waals surface area contributed by atoms with Crippen LogP contribution in [-0.4, -0.2) is 9.97 Å². The Balaban J connectivity index is 2.28. The van der Waals surface area contributed by atoms with Gasteiger partial charge in [-0.3, -0.25) is 0 Å². The van der Waals surface area contributed by atoms with Crippen LogP contribution in [0.3, 0.4) is 0 Å². The summed E-state index contributed by atoms with van der Waals surface area (Å²) < 4.78 is 1.13. The maximum atomic E-state index is 5.71. The van der Waals surface area contributed by atoms with Crippen LogP contribution in [0.25, 0.3) is 0 Å². The van der Waals surface area contributed by atoms with Gasteiger partial charge in [0.2, 0.25) is 5.28 Å². The highest BCUT2D eigenvalue weighted by Crippen LogP contribution is 2.33. The van der Waals surface area contributed by atoms with Crippen molar-refractivity contribution in [1.82, 2.24) is 9.97 Å². The van der Waals surface area contributed by atoms with E-state index in [-0.39, 0.29) is 5.28 Å². The number of nitrogen functional groups attached to an aromatic ring is 1. The van der Waals surface area contributed by atoms with Gasteiger partial charge in [-0.25, -0.2) is 9.97 Å². The molecule has 0 atom stereocenters. The third-order valence-electron chi connectivity index (χ3n) is 1.44. The Labute approximate surface area is 94.3 Å². The fraction of sp³-hybridized carbons (Fsp3) is 0. The molecule has 14 heavy (non-hydrogen) atoms. The van der Waals surface area contributed by atoms with Crippen molar-refractivity contribution in [2.24, 2.45) is 0 Å². The first kappa shape index (κ1) is 9.76. The Morgan fingerprint density at radius 3 is 3.07 bits per heavy atom. The van der Waals surface area contributed by atoms with Crippen LogP contribution in [-0.2, 0) is 0 Å². The number of halogens is 1. The van der Waals surface area contributed by atoms with Crippen molar-refractivity contribution in [1.29, 1.82) is 0 Å². The molecular formula is C8H6ClN3S2. The molecule has 0 radical (unpaired) electrons. The van der Waals surface area contributed by atoms with E-state index in [1.807, 2.05) is 17.5 Å². The largest absolute Gasteiger partial charge is 0.395 e. The molecule has 0 unspecified atom stereocenters. The second kappa shape index (κ2) is 4.16. The molecule has 0 fully saturated rings. The fourth-order valence-electron chi connectivity index (χ4n) is 0.854. The van der Waals surface area contributed by atoms with Gasteiger partial charge in [0.05, 0.1) is 16.1 Å². The predicted octanol–water partition coefficient (Wildman–Crippen LogP) is 2.92. The summed E-state index contributed by atoms with van der Waals surface area (Å²) in [5, 5.41) is 2.92. The van der Waals surface area contributed by atoms with E-state index in [4.69, 9.17) is 17.3 Å². The summed E-state index contributed by atoms with van der Waals surface area (Å²) in [6, 6.07) is 3.98. The van der Waals surface area contributed by atoms with Gasteiger partial charge < -0.3 is 5.73 Å². The second-order valence-electron chi connectivity index (χ2n) is 2.43. The molecule has 3 nitrogen and oxygen atoms in total. The second-order valence-corrected chi connectivity index (χ2v) is 5.01. The van der Waals surface area contributed by atoms with E-state index in [0.717, 1.165) is 4.21 Å². The van der Waals surface area contributed by atoms with Crippen molar-refractivity contribution < 1.29 is 0 Å². The molecule has 0 bridgehead atoms. The van der Waals surface area contributed by atoms with E-state index in [9.17, 15) is 0 Å². The van der Waals surface area contributed by atoms with Gasteiger partial charge in [-0.05, 0) is 23.0 Å². The third-order valence-corrected chi connectivity index (χ3v) is 3.68. The van der Waals surface area contributed by atoms with Crippen molar-refractivity contribution in [2.45, 2.75) is 9.24 Å². The number of aromatic nitrogens is 2. The molecule has 0 aromatic carbocycles. The molecule has 2 aromatic heterocycles. The predicted molar refractivity (Wildman–Crippen MR) is 59.9 cm³/mol. The molecule has 0 saturated carbocycles. The van der Waals surface area contributed by atoms with E-state index in [1.54, 1.807) is 11.3 Å². The van der Waals surface area contributed by atoms with E-state index < -0.39 is 0 Å². The molecule has 2 N–H and O–H groups in total. The van der Waals surface area contributed by atoms with E-state index in [2.05, 4.69) is 9.97 Å². The molecule has 0 aliphatic rings. The topological polar surface area (TPSA) is 51.8 Å². The van der Waals surface area contributed by atoms with Gasteiger partial charge in [0.25, 0.3) is 0 Å². The van der Waals surface area contributed by atoms with Crippen molar-refractivity contribution >= 4 is 40.4 Å². The summed E-state index contributed by atoms with van der Waals surface area (Å²) in [4.78, 5) is 7.83. The monoisotopic (exact) mass is 243 g/mol. The molecule has 0 aliphatic heterocycles. The molecule has 0 aliphatic carbocycles. The zero-order valence-corrected chi connectivity index (χ0v) is 9.36. The Kier molecular flexibility index (Phi) is 2.90. The number of nitrogens with two attached hydrogens (primary N) is 1. The Bertz CT molecular complexity index is 430. The first-order valence-electron chi connectivity index (χ1n) is 3.75. The minimum atomic E-state index is 0.221. The summed E-state index contributed by atoms with van der Waals surface area (Å²) in [5.74, 6) is 0. The van der Waals surface area contributed by atoms with Crippen LogP contribution >= 0.6 is 34.7 Å². The Morgan fingerprint density at radius 2 is 2.36 bits per heavy atom. The molecule has 0 saturated heterocycles. The summed E-state index contributed by atoms with van der Waals surface area (Å²) in [6.45, 7) is 0. The highest BCUT2D eigenvalue weighted by atomic mass is 35.5. The molecule has 72 valence electrons. The van der Waals surface area contributed by atoms with Gasteiger partial charge in [-0.1, -0.05) is 17.8 Å². The van der Waals surface area contributed by atoms with Crippen LogP contribution in [0.1, 0.15) is 0 Å². The van der Waals surface area contributed by atoms with Crippen molar-refractivity contribution in [3.05, 3.63) is 29.0 Å². The number of anilines is 1. The van der Waals surface area contributed by atoms with Gasteiger partial charge in [-0.15, -0.1) is 11.3 Å². The smallest absolute Gasteiger partial charge is 0.223 e. The van der Waals surface area contributed by atoms with Crippen LogP contribution in [0.4, 0.5) is 5.69 Å². The van der Waals surface area contributed by atoms with Gasteiger partial charge in [-0.2, -0.15) is 0 Å². The summed E-state index contributed by atoms with van der Waals surface area (Å²) in [6.07, 6.45) is 1.52. The normalized spacial score (nSPS) is 10.4. The third kappa shape index (κ3) is 2.17. The lowest BCUT2D eigenvalue weighted by Crippen LogP contribution is -1.93. The van der Waals surface area contributed by atoms with Crippen molar-refractivity contribution in [3.8, 4) is 0 Å². The minimum absolute atomic E-state index is 0.221. The number of nitrogens with zero attached hydrogens (tertiary/aromatic N) is 2. The molecule has 2 heterocycles. The average Bonchev–Trinajstić information content (AvgIpc) is 2.64. The lowest BCUT2D eigenvalue weighted by Gasteiger charge is -2.01. The van der Waals surface area contributed by atoms with Crippen LogP contribution in [0.5, 0.6) is 0 Å². The van der Waals surface area contributed by atoms with Crippen molar-refractivity contribution in [2.75, 3.05) is 5.73 Å². The Morgan fingerprint density at radius 1 is 1.50 bits per heavy atom. The van der Waals surface area contributed by atoms with Gasteiger partial charge in [0.15, 0.2) is 0 Å². The van der Waals surface area contributed by atoms with Crippen LogP contribution in [0.15, 0.2) is 32.9 Å². The molecule has 0 spiro atoms. The molecular weight excluding hydrogens is 238 g/mol. The maximum absolute atomic E-state index is 5.71. The zero-order valence-electron chi connectivity index (χ0n) is 6.98. The number of hydrogen-bond acceptors (Lipinski definition) is 5. The lowest BCUT2D eigenvalue weighted by atomic mass is 10.6. The quantitative estimate of drug-likeness (QED) is 0.651. The highest BCUT2D eigenvalue weighted by molar-refractivity contribution is 8.01. The van der Waals surface area contributed by atoms with E-state index in [1.165, 1.54) is 18.0 Å². The van der Waals surface area contributed by atoms with E-state index >= 15 is 0 Å². The highest BCUT2D eigenvalue weighted by Gasteiger charge is 2.05. The van der Waals surface area contributed by atoms with E-state index in [0.29, 0.717) is 10.7 Å². The zero-order chi connectivity index (χ0) is 9.97. The molecule has 6 heteroatoms. The molecule has 2 aromatic rings. The number of hydrogen-bond donors (Lipinski definition) is 1. The van der Waals surface area contributed by atoms with Crippen LogP contribution in [0, 0.1) is 0 Å². The summed E-state index contributed by atoms with van der Waals surface area (Å²) >= 11 is 8.80. The fourth-order valence-corrected chi connectivity index (χ4v) is 2.72.